The van der Waals surface area contributed by atoms with Gasteiger partial charge in [0.1, 0.15) is 14.7 Å². The molecule has 0 heterocycles. The van der Waals surface area contributed by atoms with E-state index in [1.807, 2.05) is 0 Å². The molecule has 0 aliphatic carbocycles. The quantitative estimate of drug-likeness (QED) is 0.674. The van der Waals surface area contributed by atoms with Gasteiger partial charge in [-0.2, -0.15) is 0 Å². The molecule has 108 valence electrons. The third-order valence-electron chi connectivity index (χ3n) is 2.07. The predicted molar refractivity (Wildman–Crippen MR) is 81.2 cm³/mol. The molecule has 6 nitrogen and oxygen atoms in total. The van der Waals surface area contributed by atoms with Crippen LogP contribution in [0.1, 0.15) is 0 Å². The van der Waals surface area contributed by atoms with Crippen molar-refractivity contribution in [3.8, 4) is 0 Å². The molecule has 0 aliphatic rings. The molecule has 0 radical (unpaired) electrons. The highest BCUT2D eigenvalue weighted by molar-refractivity contribution is 9.11. The smallest absolute Gasteiger partial charge is 0.243 e. The van der Waals surface area contributed by atoms with Crippen LogP contribution in [0.2, 0.25) is 0 Å². The highest BCUT2D eigenvalue weighted by Gasteiger charge is 2.21. The van der Waals surface area contributed by atoms with E-state index >= 15 is 0 Å². The number of nitrogens with one attached hydrogen (secondary N) is 1. The Labute approximate surface area is 129 Å². The number of anilines is 1. The van der Waals surface area contributed by atoms with Crippen LogP contribution in [0, 0.1) is 0 Å². The molecule has 0 bridgehead atoms. The van der Waals surface area contributed by atoms with E-state index in [0.29, 0.717) is 8.95 Å². The molecule has 1 aromatic rings. The molecule has 19 heavy (non-hydrogen) atoms. The summed E-state index contributed by atoms with van der Waals surface area (Å²) in [6.07, 6.45) is 1.03. The first-order chi connectivity index (χ1) is 8.53. The lowest BCUT2D eigenvalue weighted by Gasteiger charge is -2.11. The first kappa shape index (κ1) is 16.9. The molecule has 0 aliphatic heterocycles. The molecule has 0 saturated carbocycles. The molecule has 0 saturated heterocycles. The average molecular weight is 436 g/mol. The normalized spacial score (nSPS) is 12.6. The highest BCUT2D eigenvalue weighted by Crippen LogP contribution is 2.31. The van der Waals surface area contributed by atoms with E-state index in [-0.39, 0.29) is 22.9 Å². The monoisotopic (exact) mass is 434 g/mol. The topological polar surface area (TPSA) is 106 Å². The summed E-state index contributed by atoms with van der Waals surface area (Å²) >= 11 is 6.31. The van der Waals surface area contributed by atoms with Gasteiger partial charge in [0, 0.05) is 21.7 Å². The number of sulfone groups is 1. The van der Waals surface area contributed by atoms with Crippen molar-refractivity contribution in [3.05, 3.63) is 21.1 Å². The van der Waals surface area contributed by atoms with Crippen molar-refractivity contribution in [2.45, 2.75) is 4.90 Å². The second-order valence-electron chi connectivity index (χ2n) is 3.83. The number of halogens is 2. The van der Waals surface area contributed by atoms with Crippen LogP contribution in [-0.2, 0) is 19.9 Å². The van der Waals surface area contributed by atoms with Crippen LogP contribution >= 0.6 is 31.9 Å². The average Bonchev–Trinajstić information content (AvgIpc) is 2.11. The number of nitrogen functional groups attached to an aromatic ring is 1. The van der Waals surface area contributed by atoms with E-state index in [1.165, 1.54) is 6.07 Å². The molecule has 10 heteroatoms. The molecule has 1 rings (SSSR count). The number of benzene rings is 1. The number of nitrogens with two attached hydrogens (primary N) is 1. The lowest BCUT2D eigenvalue weighted by molar-refractivity contribution is 0.582. The Morgan fingerprint density at radius 1 is 1.21 bits per heavy atom. The second kappa shape index (κ2) is 6.08. The molecule has 0 atom stereocenters. The Morgan fingerprint density at radius 2 is 1.79 bits per heavy atom. The maximum atomic E-state index is 12.0. The summed E-state index contributed by atoms with van der Waals surface area (Å²) in [5, 5.41) is 0. The summed E-state index contributed by atoms with van der Waals surface area (Å²) in [6, 6.07) is 3.00. The first-order valence-electron chi connectivity index (χ1n) is 4.95. The summed E-state index contributed by atoms with van der Waals surface area (Å²) in [7, 11) is -7.10. The third kappa shape index (κ3) is 5.03. The van der Waals surface area contributed by atoms with Gasteiger partial charge in [-0.15, -0.1) is 0 Å². The van der Waals surface area contributed by atoms with Crippen molar-refractivity contribution in [2.75, 3.05) is 24.3 Å². The third-order valence-corrected chi connectivity index (χ3v) is 5.94. The van der Waals surface area contributed by atoms with Crippen molar-refractivity contribution in [2.24, 2.45) is 0 Å². The second-order valence-corrected chi connectivity index (χ2v) is 9.57. The van der Waals surface area contributed by atoms with Gasteiger partial charge in [0.05, 0.1) is 11.4 Å². The van der Waals surface area contributed by atoms with Crippen molar-refractivity contribution in [1.82, 2.24) is 4.72 Å². The van der Waals surface area contributed by atoms with E-state index in [2.05, 4.69) is 36.6 Å². The molecular formula is C9H12Br2N2O4S2. The maximum absolute atomic E-state index is 12.0. The molecule has 1 aromatic carbocycles. The van der Waals surface area contributed by atoms with E-state index in [4.69, 9.17) is 5.73 Å². The summed E-state index contributed by atoms with van der Waals surface area (Å²) in [5.74, 6) is -0.277. The number of hydrogen-bond donors (Lipinski definition) is 2. The van der Waals surface area contributed by atoms with Crippen LogP contribution in [0.3, 0.4) is 0 Å². The Hall–Kier alpha value is -0.160. The van der Waals surface area contributed by atoms with Crippen LogP contribution in [0.25, 0.3) is 0 Å². The van der Waals surface area contributed by atoms with E-state index < -0.39 is 19.9 Å². The molecule has 0 spiro atoms. The van der Waals surface area contributed by atoms with Gasteiger partial charge in [-0.1, -0.05) is 15.9 Å². The van der Waals surface area contributed by atoms with Gasteiger partial charge in [-0.3, -0.25) is 0 Å². The minimum atomic E-state index is -3.87. The van der Waals surface area contributed by atoms with E-state index in [9.17, 15) is 16.8 Å². The zero-order valence-corrected chi connectivity index (χ0v) is 14.7. The Bertz CT molecular complexity index is 663. The van der Waals surface area contributed by atoms with Gasteiger partial charge in [0.15, 0.2) is 0 Å². The van der Waals surface area contributed by atoms with Crippen LogP contribution in [-0.4, -0.2) is 35.4 Å². The molecular weight excluding hydrogens is 424 g/mol. The fourth-order valence-electron chi connectivity index (χ4n) is 1.30. The zero-order valence-electron chi connectivity index (χ0n) is 9.85. The minimum absolute atomic E-state index is 0.0631. The van der Waals surface area contributed by atoms with Gasteiger partial charge in [-0.25, -0.2) is 21.6 Å². The lowest BCUT2D eigenvalue weighted by Crippen LogP contribution is -2.29. The fourth-order valence-corrected chi connectivity index (χ4v) is 5.00. The summed E-state index contributed by atoms with van der Waals surface area (Å²) in [5.41, 5.74) is 5.73. The highest BCUT2D eigenvalue weighted by atomic mass is 79.9. The van der Waals surface area contributed by atoms with Crippen molar-refractivity contribution >= 4 is 57.4 Å². The molecule has 0 fully saturated rings. The van der Waals surface area contributed by atoms with Crippen LogP contribution in [0.5, 0.6) is 0 Å². The van der Waals surface area contributed by atoms with Gasteiger partial charge in [0.2, 0.25) is 10.0 Å². The summed E-state index contributed by atoms with van der Waals surface area (Å²) in [6.45, 7) is -0.205. The number of sulfonamides is 1. The predicted octanol–water partition coefficient (Wildman–Crippen LogP) is 1.12. The summed E-state index contributed by atoms with van der Waals surface area (Å²) in [4.78, 5) is -0.107. The first-order valence-corrected chi connectivity index (χ1v) is 10.1. The lowest BCUT2D eigenvalue weighted by atomic mass is 10.3. The Morgan fingerprint density at radius 3 is 2.26 bits per heavy atom. The van der Waals surface area contributed by atoms with E-state index in [0.717, 1.165) is 6.26 Å². The standard InChI is InChI=1S/C9H12Br2N2O4S2/c1-18(14,15)3-2-13-19(16,17)9-7(11)4-6(10)5-8(9)12/h4-5,13H,2-3,12H2,1H3. The largest absolute Gasteiger partial charge is 0.398 e. The fraction of sp³-hybridized carbons (Fsp3) is 0.333. The molecule has 3 N–H and O–H groups in total. The number of rotatable bonds is 5. The van der Waals surface area contributed by atoms with Crippen LogP contribution in [0.15, 0.2) is 26.0 Å². The molecule has 0 amide bonds. The summed E-state index contributed by atoms with van der Waals surface area (Å²) < 4.78 is 49.1. The molecule has 0 unspecified atom stereocenters. The van der Waals surface area contributed by atoms with Gasteiger partial charge >= 0.3 is 0 Å². The zero-order chi connectivity index (χ0) is 14.8. The number of hydrogen-bond acceptors (Lipinski definition) is 5. The van der Waals surface area contributed by atoms with Crippen molar-refractivity contribution in [3.63, 3.8) is 0 Å². The minimum Gasteiger partial charge on any atom is -0.398 e. The van der Waals surface area contributed by atoms with Crippen molar-refractivity contribution < 1.29 is 16.8 Å². The van der Waals surface area contributed by atoms with Crippen LogP contribution < -0.4 is 10.5 Å². The van der Waals surface area contributed by atoms with Gasteiger partial charge < -0.3 is 5.73 Å². The maximum Gasteiger partial charge on any atom is 0.243 e. The van der Waals surface area contributed by atoms with Crippen molar-refractivity contribution in [1.29, 1.82) is 0 Å². The van der Waals surface area contributed by atoms with Crippen LogP contribution in [0.4, 0.5) is 5.69 Å². The Kier molecular flexibility index (Phi) is 5.41. The van der Waals surface area contributed by atoms with E-state index in [1.54, 1.807) is 6.07 Å². The SMILES string of the molecule is CS(=O)(=O)CCNS(=O)(=O)c1c(N)cc(Br)cc1Br. The molecule has 0 aromatic heterocycles. The Balaban J connectivity index is 3.02. The van der Waals surface area contributed by atoms with Gasteiger partial charge in [-0.05, 0) is 28.1 Å². The van der Waals surface area contributed by atoms with Gasteiger partial charge in [0.25, 0.3) is 0 Å².